The minimum absolute atomic E-state index is 0.270. The van der Waals surface area contributed by atoms with Crippen LogP contribution < -0.4 is 4.90 Å². The van der Waals surface area contributed by atoms with Gasteiger partial charge in [0.05, 0.1) is 18.7 Å². The second-order valence-electron chi connectivity index (χ2n) is 9.07. The number of Topliss-reactive ketones (excluding diaryl/α,β-unsaturated/α-hetero) is 1. The number of anilines is 1. The van der Waals surface area contributed by atoms with E-state index in [2.05, 4.69) is 0 Å². The van der Waals surface area contributed by atoms with Gasteiger partial charge >= 0.3 is 0 Å². The van der Waals surface area contributed by atoms with Crippen LogP contribution in [0.5, 0.6) is 0 Å². The van der Waals surface area contributed by atoms with Gasteiger partial charge in [-0.15, -0.1) is 0 Å². The summed E-state index contributed by atoms with van der Waals surface area (Å²) in [5.74, 6) is -0.741. The van der Waals surface area contributed by atoms with E-state index in [1.807, 2.05) is 91.0 Å². The van der Waals surface area contributed by atoms with Gasteiger partial charge in [-0.1, -0.05) is 97.1 Å². The molecule has 0 radical (unpaired) electrons. The van der Waals surface area contributed by atoms with E-state index in [1.165, 1.54) is 0 Å². The predicted octanol–water partition coefficient (Wildman–Crippen LogP) is 6.00. The number of fused-ring (bicyclic) bond motifs is 3. The number of ketones is 1. The van der Waals surface area contributed by atoms with E-state index in [0.717, 1.165) is 27.1 Å². The summed E-state index contributed by atoms with van der Waals surface area (Å²) < 4.78 is 0. The number of rotatable bonds is 5. The highest BCUT2D eigenvalue weighted by Gasteiger charge is 2.50. The van der Waals surface area contributed by atoms with Gasteiger partial charge in [0.1, 0.15) is 0 Å². The molecule has 1 heterocycles. The van der Waals surface area contributed by atoms with Crippen molar-refractivity contribution in [2.75, 3.05) is 4.90 Å². The first-order chi connectivity index (χ1) is 17.0. The highest BCUT2D eigenvalue weighted by molar-refractivity contribution is 6.11. The first kappa shape index (κ1) is 21.3. The molecule has 1 N–H and O–H groups in total. The number of hydrogen-bond donors (Lipinski definition) is 1. The quantitative estimate of drug-likeness (QED) is 0.329. The first-order valence-corrected chi connectivity index (χ1v) is 11.7. The Morgan fingerprint density at radius 3 is 2.29 bits per heavy atom. The Labute approximate surface area is 203 Å². The molecule has 0 saturated heterocycles. The van der Waals surface area contributed by atoms with Crippen molar-refractivity contribution in [3.8, 4) is 0 Å². The third kappa shape index (κ3) is 3.50. The van der Waals surface area contributed by atoms with Crippen molar-refractivity contribution in [3.63, 3.8) is 0 Å². The lowest BCUT2D eigenvalue weighted by molar-refractivity contribution is -0.136. The first-order valence-electron chi connectivity index (χ1n) is 11.7. The van der Waals surface area contributed by atoms with Gasteiger partial charge in [0.15, 0.2) is 11.4 Å². The number of hydrogen-bond acceptors (Lipinski definition) is 3. The summed E-state index contributed by atoms with van der Waals surface area (Å²) in [4.78, 5) is 28.6. The Kier molecular flexibility index (Phi) is 4.97. The van der Waals surface area contributed by atoms with Crippen molar-refractivity contribution in [1.82, 2.24) is 0 Å². The molecule has 4 nitrogen and oxygen atoms in total. The van der Waals surface area contributed by atoms with Crippen molar-refractivity contribution in [1.29, 1.82) is 0 Å². The summed E-state index contributed by atoms with van der Waals surface area (Å²) in [6.07, 6.45) is -0.312. The number of para-hydroxylation sites is 1. The molecule has 5 aromatic carbocycles. The minimum Gasteiger partial charge on any atom is -0.375 e. The summed E-state index contributed by atoms with van der Waals surface area (Å²) in [5, 5.41) is 15.8. The zero-order valence-electron chi connectivity index (χ0n) is 19.0. The van der Waals surface area contributed by atoms with E-state index in [1.54, 1.807) is 23.1 Å². The van der Waals surface area contributed by atoms with E-state index < -0.39 is 11.5 Å². The lowest BCUT2D eigenvalue weighted by Crippen LogP contribution is -2.41. The van der Waals surface area contributed by atoms with Crippen LogP contribution >= 0.6 is 0 Å². The van der Waals surface area contributed by atoms with Gasteiger partial charge in [0.25, 0.3) is 5.91 Å². The van der Waals surface area contributed by atoms with Crippen molar-refractivity contribution in [2.45, 2.75) is 18.6 Å². The maximum absolute atomic E-state index is 13.7. The van der Waals surface area contributed by atoms with Gasteiger partial charge in [-0.25, -0.2) is 0 Å². The fraction of sp³-hybridized carbons (Fsp3) is 0.0968. The average Bonchev–Trinajstić information content (AvgIpc) is 3.10. The molecule has 0 saturated carbocycles. The summed E-state index contributed by atoms with van der Waals surface area (Å²) in [7, 11) is 0. The van der Waals surface area contributed by atoms with E-state index in [9.17, 15) is 14.7 Å². The molecule has 0 bridgehead atoms. The second kappa shape index (κ2) is 8.19. The van der Waals surface area contributed by atoms with Crippen molar-refractivity contribution in [3.05, 3.63) is 126 Å². The van der Waals surface area contributed by atoms with Gasteiger partial charge in [0.2, 0.25) is 0 Å². The van der Waals surface area contributed by atoms with Crippen LogP contribution in [0.25, 0.3) is 21.5 Å². The van der Waals surface area contributed by atoms with E-state index in [-0.39, 0.29) is 12.2 Å². The number of amides is 1. The molecule has 0 unspecified atom stereocenters. The molecule has 5 aromatic rings. The molecule has 0 aliphatic carbocycles. The highest BCUT2D eigenvalue weighted by atomic mass is 16.3. The number of carbonyl (C=O) groups excluding carboxylic acids is 2. The topological polar surface area (TPSA) is 57.6 Å². The smallest absolute Gasteiger partial charge is 0.264 e. The summed E-state index contributed by atoms with van der Waals surface area (Å²) in [6, 6.07) is 34.5. The zero-order chi connectivity index (χ0) is 24.0. The molecule has 0 fully saturated rings. The van der Waals surface area contributed by atoms with Crippen molar-refractivity contribution < 1.29 is 14.7 Å². The molecule has 0 aromatic heterocycles. The third-order valence-electron chi connectivity index (χ3n) is 6.94. The van der Waals surface area contributed by atoms with E-state index in [4.69, 9.17) is 0 Å². The summed E-state index contributed by atoms with van der Waals surface area (Å²) >= 11 is 0. The molecule has 0 spiro atoms. The fourth-order valence-corrected chi connectivity index (χ4v) is 5.13. The summed E-state index contributed by atoms with van der Waals surface area (Å²) in [5.41, 5.74) is 0.661. The monoisotopic (exact) mass is 457 g/mol. The molecule has 6 rings (SSSR count). The summed E-state index contributed by atoms with van der Waals surface area (Å²) in [6.45, 7) is 0.309. The van der Waals surface area contributed by atoms with Crippen LogP contribution in [0.4, 0.5) is 5.69 Å². The number of nitrogens with zero attached hydrogens (tertiary/aromatic N) is 1. The Hall–Kier alpha value is -4.28. The zero-order valence-corrected chi connectivity index (χ0v) is 19.0. The largest absolute Gasteiger partial charge is 0.375 e. The Bertz CT molecular complexity index is 1620. The van der Waals surface area contributed by atoms with E-state index in [0.29, 0.717) is 23.4 Å². The Morgan fingerprint density at radius 2 is 1.43 bits per heavy atom. The van der Waals surface area contributed by atoms with Gasteiger partial charge in [-0.3, -0.25) is 9.59 Å². The van der Waals surface area contributed by atoms with Gasteiger partial charge in [-0.05, 0) is 39.2 Å². The number of aliphatic hydroxyl groups is 1. The van der Waals surface area contributed by atoms with Crippen molar-refractivity contribution >= 4 is 38.9 Å². The standard InChI is InChI=1S/C31H23NO3/c33-29(24-17-16-21-8-1-2-10-23(21)18-24)19-31(35)27-14-5-6-15-28(27)32(30(31)34)20-25-12-7-11-22-9-3-4-13-26(22)25/h1-18,35H,19-20H2/t31-/m0/s1. The van der Waals surface area contributed by atoms with Crippen LogP contribution in [0.1, 0.15) is 27.9 Å². The maximum Gasteiger partial charge on any atom is 0.264 e. The van der Waals surface area contributed by atoms with Gasteiger partial charge in [-0.2, -0.15) is 0 Å². The highest BCUT2D eigenvalue weighted by Crippen LogP contribution is 2.44. The normalized spacial score (nSPS) is 17.2. The molecular formula is C31H23NO3. The molecule has 1 aliphatic rings. The fourth-order valence-electron chi connectivity index (χ4n) is 5.13. The van der Waals surface area contributed by atoms with Crippen LogP contribution in [0, 0.1) is 0 Å². The minimum atomic E-state index is -1.91. The SMILES string of the molecule is O=C(C[C@@]1(O)C(=O)N(Cc2cccc3ccccc23)c2ccccc21)c1ccc2ccccc2c1. The van der Waals surface area contributed by atoms with E-state index >= 15 is 0 Å². The number of benzene rings is 5. The third-order valence-corrected chi connectivity index (χ3v) is 6.94. The van der Waals surface area contributed by atoms with Crippen LogP contribution in [-0.4, -0.2) is 16.8 Å². The Morgan fingerprint density at radius 1 is 0.743 bits per heavy atom. The molecule has 35 heavy (non-hydrogen) atoms. The molecule has 1 amide bonds. The molecule has 4 heteroatoms. The lowest BCUT2D eigenvalue weighted by atomic mass is 9.87. The van der Waals surface area contributed by atoms with Crippen LogP contribution in [0.2, 0.25) is 0 Å². The predicted molar refractivity (Wildman–Crippen MR) is 138 cm³/mol. The molecule has 1 aliphatic heterocycles. The molecular weight excluding hydrogens is 434 g/mol. The van der Waals surface area contributed by atoms with Crippen LogP contribution in [-0.2, 0) is 16.9 Å². The van der Waals surface area contributed by atoms with Gasteiger partial charge < -0.3 is 10.0 Å². The van der Waals surface area contributed by atoms with Crippen LogP contribution in [0.3, 0.4) is 0 Å². The maximum atomic E-state index is 13.7. The number of carbonyl (C=O) groups is 2. The lowest BCUT2D eigenvalue weighted by Gasteiger charge is -2.23. The average molecular weight is 458 g/mol. The Balaban J connectivity index is 1.36. The molecule has 170 valence electrons. The second-order valence-corrected chi connectivity index (χ2v) is 9.07. The molecule has 1 atom stereocenters. The van der Waals surface area contributed by atoms with Crippen LogP contribution in [0.15, 0.2) is 109 Å². The van der Waals surface area contributed by atoms with Gasteiger partial charge in [0, 0.05) is 11.1 Å². The van der Waals surface area contributed by atoms with Crippen molar-refractivity contribution in [2.24, 2.45) is 0 Å².